The molecule has 0 spiro atoms. The van der Waals surface area contributed by atoms with Crippen LogP contribution in [-0.2, 0) is 6.54 Å². The topological polar surface area (TPSA) is 87.2 Å². The third-order valence-electron chi connectivity index (χ3n) is 4.07. The number of aromatic nitrogens is 2. The number of carbonyl (C=O) groups excluding carboxylic acids is 1. The highest BCUT2D eigenvalue weighted by molar-refractivity contribution is 5.97. The van der Waals surface area contributed by atoms with Crippen LogP contribution in [0.25, 0.3) is 10.9 Å². The van der Waals surface area contributed by atoms with Crippen molar-refractivity contribution in [1.82, 2.24) is 19.8 Å². The summed E-state index contributed by atoms with van der Waals surface area (Å²) in [5, 5.41) is 3.23. The second-order valence-electron chi connectivity index (χ2n) is 6.41. The summed E-state index contributed by atoms with van der Waals surface area (Å²) < 4.78 is 1.23. The Balaban J connectivity index is 2.26. The Morgan fingerprint density at radius 3 is 2.68 bits per heavy atom. The zero-order valence-electron chi connectivity index (χ0n) is 15.1. The number of aromatic amines is 1. The monoisotopic (exact) mass is 346 g/mol. The molecule has 1 aromatic heterocycles. The van der Waals surface area contributed by atoms with E-state index in [0.717, 1.165) is 25.8 Å². The summed E-state index contributed by atoms with van der Waals surface area (Å²) in [4.78, 5) is 41.5. The van der Waals surface area contributed by atoms with Gasteiger partial charge in [0, 0.05) is 25.2 Å². The summed E-state index contributed by atoms with van der Waals surface area (Å²) in [6, 6.07) is 4.77. The van der Waals surface area contributed by atoms with Crippen LogP contribution in [-0.4, -0.2) is 47.5 Å². The van der Waals surface area contributed by atoms with E-state index >= 15 is 0 Å². The van der Waals surface area contributed by atoms with Crippen LogP contribution < -0.4 is 16.6 Å². The Morgan fingerprint density at radius 1 is 1.24 bits per heavy atom. The Hall–Kier alpha value is -2.41. The molecule has 0 fully saturated rings. The number of fused-ring (bicyclic) bond motifs is 1. The fourth-order valence-corrected chi connectivity index (χ4v) is 2.61. The third kappa shape index (κ3) is 4.79. The van der Waals surface area contributed by atoms with Crippen LogP contribution in [0, 0.1) is 0 Å². The lowest BCUT2D eigenvalue weighted by atomic mass is 10.1. The van der Waals surface area contributed by atoms with Gasteiger partial charge >= 0.3 is 5.69 Å². The number of benzene rings is 1. The molecule has 7 nitrogen and oxygen atoms in total. The van der Waals surface area contributed by atoms with Crippen LogP contribution in [0.1, 0.15) is 36.5 Å². The Kier molecular flexibility index (Phi) is 6.52. The first kappa shape index (κ1) is 18.9. The largest absolute Gasteiger partial charge is 0.351 e. The van der Waals surface area contributed by atoms with Gasteiger partial charge in [0.2, 0.25) is 0 Å². The highest BCUT2D eigenvalue weighted by atomic mass is 16.2. The first-order valence-electron chi connectivity index (χ1n) is 8.64. The number of unbranched alkanes of at least 4 members (excludes halogenated alkanes) is 2. The summed E-state index contributed by atoms with van der Waals surface area (Å²) in [7, 11) is 3.86. The van der Waals surface area contributed by atoms with Crippen molar-refractivity contribution in [2.45, 2.75) is 32.7 Å². The molecule has 2 N–H and O–H groups in total. The molecular formula is C18H26N4O3. The van der Waals surface area contributed by atoms with E-state index in [1.165, 1.54) is 4.57 Å². The molecule has 0 radical (unpaired) electrons. The number of rotatable bonds is 8. The van der Waals surface area contributed by atoms with Gasteiger partial charge in [-0.2, -0.15) is 0 Å². The van der Waals surface area contributed by atoms with Crippen LogP contribution in [0.15, 0.2) is 27.8 Å². The zero-order chi connectivity index (χ0) is 18.4. The van der Waals surface area contributed by atoms with Gasteiger partial charge < -0.3 is 15.2 Å². The molecule has 0 aliphatic rings. The van der Waals surface area contributed by atoms with Gasteiger partial charge in [-0.25, -0.2) is 4.79 Å². The van der Waals surface area contributed by atoms with Gasteiger partial charge in [0.05, 0.1) is 10.9 Å². The number of amides is 1. The smallest absolute Gasteiger partial charge is 0.328 e. The molecule has 0 saturated carbocycles. The van der Waals surface area contributed by atoms with Crippen molar-refractivity contribution in [3.05, 3.63) is 44.6 Å². The van der Waals surface area contributed by atoms with Crippen LogP contribution in [0.4, 0.5) is 0 Å². The number of nitrogens with one attached hydrogen (secondary N) is 2. The highest BCUT2D eigenvalue weighted by Crippen LogP contribution is 2.09. The number of hydrogen-bond donors (Lipinski definition) is 2. The molecule has 0 unspecified atom stereocenters. The first-order chi connectivity index (χ1) is 11.9. The minimum Gasteiger partial charge on any atom is -0.351 e. The van der Waals surface area contributed by atoms with Crippen molar-refractivity contribution in [2.75, 3.05) is 27.2 Å². The normalized spacial score (nSPS) is 11.2. The number of likely N-dealkylation sites (N-methyl/N-ethyl adjacent to an activating group) is 1. The van der Waals surface area contributed by atoms with Gasteiger partial charge in [0.15, 0.2) is 0 Å². The van der Waals surface area contributed by atoms with Gasteiger partial charge in [-0.1, -0.05) is 19.8 Å². The number of nitrogens with zero attached hydrogens (tertiary/aromatic N) is 2. The summed E-state index contributed by atoms with van der Waals surface area (Å²) >= 11 is 0. The van der Waals surface area contributed by atoms with E-state index in [0.29, 0.717) is 29.6 Å². The molecular weight excluding hydrogens is 320 g/mol. The van der Waals surface area contributed by atoms with Crippen LogP contribution in [0.5, 0.6) is 0 Å². The van der Waals surface area contributed by atoms with Crippen molar-refractivity contribution in [1.29, 1.82) is 0 Å². The molecule has 1 amide bonds. The Labute approximate surface area is 146 Å². The number of H-pyrrole nitrogens is 1. The minimum absolute atomic E-state index is 0.225. The van der Waals surface area contributed by atoms with E-state index in [9.17, 15) is 14.4 Å². The molecule has 0 aliphatic heterocycles. The van der Waals surface area contributed by atoms with Crippen molar-refractivity contribution >= 4 is 16.8 Å². The van der Waals surface area contributed by atoms with E-state index in [1.54, 1.807) is 18.2 Å². The van der Waals surface area contributed by atoms with E-state index in [4.69, 9.17) is 0 Å². The van der Waals surface area contributed by atoms with E-state index < -0.39 is 5.69 Å². The van der Waals surface area contributed by atoms with Crippen molar-refractivity contribution in [2.24, 2.45) is 0 Å². The molecule has 0 bridgehead atoms. The minimum atomic E-state index is -0.432. The van der Waals surface area contributed by atoms with Gasteiger partial charge in [-0.05, 0) is 38.7 Å². The second-order valence-corrected chi connectivity index (χ2v) is 6.41. The Morgan fingerprint density at radius 2 is 2.00 bits per heavy atom. The molecule has 0 atom stereocenters. The summed E-state index contributed by atoms with van der Waals surface area (Å²) in [6.07, 6.45) is 2.78. The predicted molar refractivity (Wildman–Crippen MR) is 99.2 cm³/mol. The molecule has 136 valence electrons. The van der Waals surface area contributed by atoms with Gasteiger partial charge in [0.25, 0.3) is 11.5 Å². The molecule has 1 heterocycles. The average molecular weight is 346 g/mol. The average Bonchev–Trinajstić information content (AvgIpc) is 2.57. The Bertz CT molecular complexity index is 852. The fourth-order valence-electron chi connectivity index (χ4n) is 2.61. The lowest BCUT2D eigenvalue weighted by molar-refractivity contribution is 0.0951. The lowest BCUT2D eigenvalue weighted by Crippen LogP contribution is -2.35. The molecule has 2 aromatic rings. The van der Waals surface area contributed by atoms with Gasteiger partial charge in [-0.3, -0.25) is 14.2 Å². The van der Waals surface area contributed by atoms with Crippen molar-refractivity contribution in [3.8, 4) is 0 Å². The number of carbonyl (C=O) groups is 1. The van der Waals surface area contributed by atoms with Crippen molar-refractivity contribution in [3.63, 3.8) is 0 Å². The summed E-state index contributed by atoms with van der Waals surface area (Å²) in [6.45, 7) is 3.74. The second kappa shape index (κ2) is 8.62. The predicted octanol–water partition coefficient (Wildman–Crippen LogP) is 1.17. The standard InChI is InChI=1S/C18H26N4O3/c1-4-5-6-10-22-17(24)14-8-7-13(12-15(14)20-18(22)25)16(23)19-9-11-21(2)3/h7-8,12H,4-6,9-11H2,1-3H3,(H,19,23)(H,20,25). The number of hydrogen-bond acceptors (Lipinski definition) is 4. The molecule has 0 saturated heterocycles. The van der Waals surface area contributed by atoms with E-state index in [1.807, 2.05) is 19.0 Å². The highest BCUT2D eigenvalue weighted by Gasteiger charge is 2.11. The quantitative estimate of drug-likeness (QED) is 0.703. The maximum atomic E-state index is 12.5. The first-order valence-corrected chi connectivity index (χ1v) is 8.64. The SMILES string of the molecule is CCCCCn1c(=O)[nH]c2cc(C(=O)NCCN(C)C)ccc2c1=O. The summed E-state index contributed by atoms with van der Waals surface area (Å²) in [5.41, 5.74) is 0.0697. The maximum Gasteiger partial charge on any atom is 0.328 e. The van der Waals surface area contributed by atoms with Crippen LogP contribution >= 0.6 is 0 Å². The maximum absolute atomic E-state index is 12.5. The lowest BCUT2D eigenvalue weighted by Gasteiger charge is -2.11. The molecule has 0 aliphatic carbocycles. The zero-order valence-corrected chi connectivity index (χ0v) is 15.1. The van der Waals surface area contributed by atoms with Crippen molar-refractivity contribution < 1.29 is 4.79 Å². The van der Waals surface area contributed by atoms with Crippen LogP contribution in [0.2, 0.25) is 0 Å². The molecule has 25 heavy (non-hydrogen) atoms. The summed E-state index contributed by atoms with van der Waals surface area (Å²) in [5.74, 6) is -0.225. The van der Waals surface area contributed by atoms with E-state index in [2.05, 4.69) is 17.2 Å². The molecule has 2 rings (SSSR count). The fraction of sp³-hybridized carbons (Fsp3) is 0.500. The molecule has 1 aromatic carbocycles. The van der Waals surface area contributed by atoms with Gasteiger partial charge in [-0.15, -0.1) is 0 Å². The van der Waals surface area contributed by atoms with Crippen LogP contribution in [0.3, 0.4) is 0 Å². The molecule has 7 heteroatoms. The van der Waals surface area contributed by atoms with Gasteiger partial charge in [0.1, 0.15) is 0 Å². The van der Waals surface area contributed by atoms with E-state index in [-0.39, 0.29) is 11.5 Å². The third-order valence-corrected chi connectivity index (χ3v) is 4.07.